The number of aliphatic hydroxyl groups excluding tert-OH is 1. The van der Waals surface area contributed by atoms with Gasteiger partial charge in [-0.1, -0.05) is 30.3 Å². The molecule has 1 aliphatic rings. The highest BCUT2D eigenvalue weighted by Crippen LogP contribution is 2.27. The summed E-state index contributed by atoms with van der Waals surface area (Å²) in [7, 11) is 0. The summed E-state index contributed by atoms with van der Waals surface area (Å²) in [5.41, 5.74) is 2.82. The van der Waals surface area contributed by atoms with Crippen LogP contribution in [0.25, 0.3) is 0 Å². The van der Waals surface area contributed by atoms with Crippen LogP contribution in [0.4, 0.5) is 18.9 Å². The van der Waals surface area contributed by atoms with Crippen molar-refractivity contribution in [2.75, 3.05) is 24.5 Å². The van der Waals surface area contributed by atoms with Crippen LogP contribution in [-0.2, 0) is 16.0 Å². The number of rotatable bonds is 7. The van der Waals surface area contributed by atoms with Crippen molar-refractivity contribution in [2.24, 2.45) is 5.92 Å². The normalized spacial score (nSPS) is 18.2. The zero-order valence-electron chi connectivity index (χ0n) is 18.4. The minimum atomic E-state index is -4.77. The number of anilines is 1. The fraction of sp³-hybridized carbons (Fsp3) is 0.391. The van der Waals surface area contributed by atoms with Gasteiger partial charge in [0.2, 0.25) is 5.91 Å². The molecular weight excluding hydrogens is 455 g/mol. The van der Waals surface area contributed by atoms with E-state index >= 15 is 0 Å². The monoisotopic (exact) mass is 481 g/mol. The Bertz CT molecular complexity index is 972. The quantitative estimate of drug-likeness (QED) is 0.415. The summed E-state index contributed by atoms with van der Waals surface area (Å²) >= 11 is 0. The van der Waals surface area contributed by atoms with Crippen LogP contribution in [0.1, 0.15) is 12.5 Å². The molecule has 0 bridgehead atoms. The molecule has 2 amide bonds. The lowest BCUT2D eigenvalue weighted by molar-refractivity contribution is -0.274. The highest BCUT2D eigenvalue weighted by Gasteiger charge is 2.38. The fourth-order valence-corrected chi connectivity index (χ4v) is 4.04. The molecule has 184 valence electrons. The van der Waals surface area contributed by atoms with Crippen molar-refractivity contribution in [3.63, 3.8) is 0 Å². The predicted molar refractivity (Wildman–Crippen MR) is 116 cm³/mol. The predicted octanol–water partition coefficient (Wildman–Crippen LogP) is 2.35. The largest absolute Gasteiger partial charge is 0.573 e. The third-order valence-corrected chi connectivity index (χ3v) is 5.72. The molecule has 3 N–H and O–H groups in total. The van der Waals surface area contributed by atoms with E-state index in [1.54, 1.807) is 35.2 Å². The number of piperazine rings is 1. The van der Waals surface area contributed by atoms with Crippen molar-refractivity contribution in [1.29, 1.82) is 0 Å². The van der Waals surface area contributed by atoms with Crippen molar-refractivity contribution in [3.8, 4) is 5.75 Å². The number of ether oxygens (including phenoxy) is 1. The maximum Gasteiger partial charge on any atom is 0.573 e. The molecule has 0 aliphatic carbocycles. The Morgan fingerprint density at radius 3 is 2.32 bits per heavy atom. The number of hydroxylamine groups is 1. The molecule has 1 fully saturated rings. The van der Waals surface area contributed by atoms with E-state index in [1.807, 2.05) is 11.8 Å². The smallest absolute Gasteiger partial charge is 0.406 e. The molecule has 2 aromatic carbocycles. The van der Waals surface area contributed by atoms with Crippen LogP contribution in [0.2, 0.25) is 0 Å². The van der Waals surface area contributed by atoms with E-state index in [0.717, 1.165) is 5.56 Å². The minimum absolute atomic E-state index is 0.0991. The van der Waals surface area contributed by atoms with Crippen molar-refractivity contribution in [3.05, 3.63) is 60.2 Å². The van der Waals surface area contributed by atoms with Crippen LogP contribution >= 0.6 is 0 Å². The zero-order valence-corrected chi connectivity index (χ0v) is 18.4. The van der Waals surface area contributed by atoms with E-state index in [1.165, 1.54) is 29.7 Å². The Balaban J connectivity index is 1.70. The van der Waals surface area contributed by atoms with Gasteiger partial charge in [-0.15, -0.1) is 13.2 Å². The number of halogens is 3. The van der Waals surface area contributed by atoms with Gasteiger partial charge >= 0.3 is 6.36 Å². The number of hydrogen-bond acceptors (Lipinski definition) is 6. The lowest BCUT2D eigenvalue weighted by Crippen LogP contribution is -2.57. The molecule has 8 nitrogen and oxygen atoms in total. The Labute approximate surface area is 194 Å². The van der Waals surface area contributed by atoms with Crippen molar-refractivity contribution < 1.29 is 37.8 Å². The van der Waals surface area contributed by atoms with Gasteiger partial charge in [-0.25, -0.2) is 5.48 Å². The van der Waals surface area contributed by atoms with E-state index in [2.05, 4.69) is 4.74 Å². The molecule has 1 heterocycles. The van der Waals surface area contributed by atoms with Crippen LogP contribution in [0.3, 0.4) is 0 Å². The summed E-state index contributed by atoms with van der Waals surface area (Å²) in [5.74, 6) is -2.93. The fourth-order valence-electron chi connectivity index (χ4n) is 4.04. The van der Waals surface area contributed by atoms with E-state index in [9.17, 15) is 27.9 Å². The van der Waals surface area contributed by atoms with Gasteiger partial charge in [0.15, 0.2) is 0 Å². The first-order valence-corrected chi connectivity index (χ1v) is 10.7. The standard InChI is InChI=1S/C23H26F3N3O5/c1-15-14-28(17-7-9-18(10-8-17)34-23(24,25)26)11-12-29(15)22(32)19(20(30)21(31)27-33)13-16-5-3-2-4-6-16/h2-10,15,19-20,30,33H,11-14H2,1H3,(H,27,31)/t15-,19+,20+/m1/s1. The van der Waals surface area contributed by atoms with Crippen molar-refractivity contribution in [1.82, 2.24) is 10.4 Å². The molecule has 0 saturated carbocycles. The molecule has 0 aromatic heterocycles. The van der Waals surface area contributed by atoms with Gasteiger partial charge < -0.3 is 19.6 Å². The number of aliphatic hydroxyl groups is 1. The Morgan fingerprint density at radius 2 is 1.76 bits per heavy atom. The second-order valence-corrected chi connectivity index (χ2v) is 8.09. The van der Waals surface area contributed by atoms with E-state index < -0.39 is 30.2 Å². The summed E-state index contributed by atoms with van der Waals surface area (Å²) < 4.78 is 41.0. The second kappa shape index (κ2) is 10.7. The lowest BCUT2D eigenvalue weighted by atomic mass is 9.91. The molecule has 0 radical (unpaired) electrons. The van der Waals surface area contributed by atoms with Crippen molar-refractivity contribution >= 4 is 17.5 Å². The van der Waals surface area contributed by atoms with Gasteiger partial charge in [0.05, 0.1) is 5.92 Å². The average Bonchev–Trinajstić information content (AvgIpc) is 2.81. The molecular formula is C23H26F3N3O5. The second-order valence-electron chi connectivity index (χ2n) is 8.09. The van der Waals surface area contributed by atoms with E-state index in [4.69, 9.17) is 5.21 Å². The summed E-state index contributed by atoms with van der Waals surface area (Å²) in [6.07, 6.45) is -6.42. The molecule has 1 aliphatic heterocycles. The number of carbonyl (C=O) groups excluding carboxylic acids is 2. The van der Waals surface area contributed by atoms with Gasteiger partial charge in [-0.05, 0) is 43.2 Å². The number of hydrogen-bond donors (Lipinski definition) is 3. The Morgan fingerprint density at radius 1 is 1.12 bits per heavy atom. The van der Waals surface area contributed by atoms with Gasteiger partial charge in [0.1, 0.15) is 11.9 Å². The average molecular weight is 481 g/mol. The first-order chi connectivity index (χ1) is 16.1. The van der Waals surface area contributed by atoms with Gasteiger partial charge in [-0.3, -0.25) is 14.8 Å². The maximum absolute atomic E-state index is 13.4. The summed E-state index contributed by atoms with van der Waals surface area (Å²) in [6, 6.07) is 14.1. The summed E-state index contributed by atoms with van der Waals surface area (Å²) in [6.45, 7) is 2.88. The molecule has 2 aromatic rings. The number of carbonyl (C=O) groups is 2. The molecule has 1 saturated heterocycles. The summed E-state index contributed by atoms with van der Waals surface area (Å²) in [5, 5.41) is 19.4. The van der Waals surface area contributed by atoms with Crippen LogP contribution in [0.15, 0.2) is 54.6 Å². The minimum Gasteiger partial charge on any atom is -0.406 e. The molecule has 3 atom stereocenters. The Hall–Kier alpha value is -3.31. The lowest BCUT2D eigenvalue weighted by Gasteiger charge is -2.42. The molecule has 34 heavy (non-hydrogen) atoms. The van der Waals surface area contributed by atoms with Crippen LogP contribution in [0.5, 0.6) is 5.75 Å². The highest BCUT2D eigenvalue weighted by molar-refractivity contribution is 5.89. The first-order valence-electron chi connectivity index (χ1n) is 10.7. The SMILES string of the molecule is C[C@@H]1CN(c2ccc(OC(F)(F)F)cc2)CCN1C(=O)[C@@H](Cc1ccccc1)[C@H](O)C(=O)NO. The Kier molecular flexibility index (Phi) is 8.00. The third-order valence-electron chi connectivity index (χ3n) is 5.72. The van der Waals surface area contributed by atoms with Crippen LogP contribution < -0.4 is 15.1 Å². The van der Waals surface area contributed by atoms with E-state index in [0.29, 0.717) is 18.8 Å². The van der Waals surface area contributed by atoms with Gasteiger partial charge in [0, 0.05) is 31.4 Å². The molecule has 11 heteroatoms. The number of alkyl halides is 3. The summed E-state index contributed by atoms with van der Waals surface area (Å²) in [4.78, 5) is 28.7. The molecule has 0 spiro atoms. The maximum atomic E-state index is 13.4. The van der Waals surface area contributed by atoms with Crippen molar-refractivity contribution in [2.45, 2.75) is 31.9 Å². The zero-order chi connectivity index (χ0) is 24.9. The van der Waals surface area contributed by atoms with Gasteiger partial charge in [0.25, 0.3) is 5.91 Å². The topological polar surface area (TPSA) is 102 Å². The third kappa shape index (κ3) is 6.39. The van der Waals surface area contributed by atoms with Crippen LogP contribution in [-0.4, -0.2) is 65.2 Å². The first kappa shape index (κ1) is 25.3. The molecule has 3 rings (SSSR count). The highest BCUT2D eigenvalue weighted by atomic mass is 19.4. The number of nitrogens with one attached hydrogen (secondary N) is 1. The number of amides is 2. The van der Waals surface area contributed by atoms with Crippen LogP contribution in [0, 0.1) is 5.92 Å². The molecule has 0 unspecified atom stereocenters. The van der Waals surface area contributed by atoms with Gasteiger partial charge in [-0.2, -0.15) is 0 Å². The number of nitrogens with zero attached hydrogens (tertiary/aromatic N) is 2. The van der Waals surface area contributed by atoms with E-state index in [-0.39, 0.29) is 24.8 Å². The number of benzene rings is 2.